The Balaban J connectivity index is 2.68. The summed E-state index contributed by atoms with van der Waals surface area (Å²) in [7, 11) is 1.22. The zero-order valence-electron chi connectivity index (χ0n) is 9.15. The molecule has 0 fully saturated rings. The number of ether oxygens (including phenoxy) is 1. The number of aromatic nitrogens is 1. The number of anilines is 1. The molecule has 0 aliphatic rings. The summed E-state index contributed by atoms with van der Waals surface area (Å²) in [6, 6.07) is 2.59. The van der Waals surface area contributed by atoms with Gasteiger partial charge >= 0.3 is 6.18 Å². The van der Waals surface area contributed by atoms with Gasteiger partial charge in [-0.1, -0.05) is 6.07 Å². The third kappa shape index (κ3) is 1.97. The fourth-order valence-electron chi connectivity index (χ4n) is 1.65. The molecule has 0 saturated heterocycles. The Bertz CT molecular complexity index is 582. The van der Waals surface area contributed by atoms with E-state index in [9.17, 15) is 18.3 Å². The zero-order valence-corrected chi connectivity index (χ0v) is 9.97. The minimum atomic E-state index is -4.76. The van der Waals surface area contributed by atoms with Crippen molar-refractivity contribution in [3.05, 3.63) is 17.7 Å². The number of aliphatic hydroxyl groups is 1. The molecule has 0 aliphatic carbocycles. The van der Waals surface area contributed by atoms with Crippen LogP contribution in [0.25, 0.3) is 10.1 Å². The lowest BCUT2D eigenvalue weighted by atomic mass is 10.1. The van der Waals surface area contributed by atoms with Crippen molar-refractivity contribution in [2.45, 2.75) is 12.3 Å². The first-order valence-electron chi connectivity index (χ1n) is 4.82. The van der Waals surface area contributed by atoms with E-state index in [1.807, 2.05) is 0 Å². The van der Waals surface area contributed by atoms with E-state index in [0.717, 1.165) is 17.6 Å². The number of nitrogens with two attached hydrogens (primary N) is 1. The highest BCUT2D eigenvalue weighted by Gasteiger charge is 2.41. The average molecular weight is 278 g/mol. The van der Waals surface area contributed by atoms with Gasteiger partial charge in [0.1, 0.15) is 11.6 Å². The molecule has 0 radical (unpaired) electrons. The van der Waals surface area contributed by atoms with E-state index in [2.05, 4.69) is 4.37 Å². The highest BCUT2D eigenvalue weighted by molar-refractivity contribution is 7.13. The van der Waals surface area contributed by atoms with E-state index in [0.29, 0.717) is 10.1 Å². The summed E-state index contributed by atoms with van der Waals surface area (Å²) in [5.74, 6) is -0.00773. The van der Waals surface area contributed by atoms with Crippen molar-refractivity contribution in [2.75, 3.05) is 12.8 Å². The van der Waals surface area contributed by atoms with E-state index >= 15 is 0 Å². The first-order chi connectivity index (χ1) is 8.36. The highest BCUT2D eigenvalue weighted by Crippen LogP contribution is 2.43. The lowest BCUT2D eigenvalue weighted by Gasteiger charge is -2.18. The van der Waals surface area contributed by atoms with Gasteiger partial charge in [0, 0.05) is 5.56 Å². The fourth-order valence-corrected chi connectivity index (χ4v) is 2.36. The molecule has 0 spiro atoms. The lowest BCUT2D eigenvalue weighted by Crippen LogP contribution is -2.20. The maximum atomic E-state index is 12.5. The summed E-state index contributed by atoms with van der Waals surface area (Å²) in [4.78, 5) is 0. The van der Waals surface area contributed by atoms with Crippen LogP contribution in [0.1, 0.15) is 11.7 Å². The van der Waals surface area contributed by atoms with Gasteiger partial charge in [0.15, 0.2) is 6.10 Å². The molecule has 1 aromatic heterocycles. The second-order valence-corrected chi connectivity index (χ2v) is 4.38. The van der Waals surface area contributed by atoms with Crippen LogP contribution in [0.3, 0.4) is 0 Å². The third-order valence-corrected chi connectivity index (χ3v) is 3.28. The maximum absolute atomic E-state index is 12.5. The van der Waals surface area contributed by atoms with Crippen LogP contribution in [0.15, 0.2) is 12.1 Å². The van der Waals surface area contributed by atoms with Crippen LogP contribution in [0.4, 0.5) is 19.0 Å². The van der Waals surface area contributed by atoms with E-state index in [-0.39, 0.29) is 17.1 Å². The van der Waals surface area contributed by atoms with E-state index in [1.54, 1.807) is 0 Å². The maximum Gasteiger partial charge on any atom is 0.418 e. The van der Waals surface area contributed by atoms with Crippen LogP contribution in [0.2, 0.25) is 0 Å². The second kappa shape index (κ2) is 4.29. The van der Waals surface area contributed by atoms with Gasteiger partial charge in [-0.2, -0.15) is 17.5 Å². The Kier molecular flexibility index (Phi) is 3.07. The Hall–Kier alpha value is -1.54. The fraction of sp³-hybridized carbons (Fsp3) is 0.300. The standard InChI is InChI=1S/C10H9F3N2O2S/c1-17-7-4(8(16)10(11,12)13)2-3-5-6(7)9(14)15-18-5/h2-3,8,16H,1H3,(H2,14,15). The summed E-state index contributed by atoms with van der Waals surface area (Å²) >= 11 is 1.05. The van der Waals surface area contributed by atoms with Gasteiger partial charge in [0.05, 0.1) is 17.2 Å². The summed E-state index contributed by atoms with van der Waals surface area (Å²) in [5.41, 5.74) is 5.22. The molecule has 1 heterocycles. The minimum Gasteiger partial charge on any atom is -0.496 e. The lowest BCUT2D eigenvalue weighted by molar-refractivity contribution is -0.207. The van der Waals surface area contributed by atoms with Gasteiger partial charge in [0.2, 0.25) is 0 Å². The monoisotopic (exact) mass is 278 g/mol. The van der Waals surface area contributed by atoms with Gasteiger partial charge in [0.25, 0.3) is 0 Å². The quantitative estimate of drug-likeness (QED) is 0.885. The van der Waals surface area contributed by atoms with Crippen molar-refractivity contribution >= 4 is 27.4 Å². The summed E-state index contributed by atoms with van der Waals surface area (Å²) in [6.45, 7) is 0. The molecule has 0 aliphatic heterocycles. The van der Waals surface area contributed by atoms with Crippen molar-refractivity contribution in [3.8, 4) is 5.75 Å². The van der Waals surface area contributed by atoms with Crippen LogP contribution in [0.5, 0.6) is 5.75 Å². The molecule has 98 valence electrons. The largest absolute Gasteiger partial charge is 0.496 e. The highest BCUT2D eigenvalue weighted by atomic mass is 32.1. The second-order valence-electron chi connectivity index (χ2n) is 3.57. The Labute approximate surface area is 104 Å². The number of rotatable bonds is 2. The molecule has 1 unspecified atom stereocenters. The number of fused-ring (bicyclic) bond motifs is 1. The van der Waals surface area contributed by atoms with E-state index in [4.69, 9.17) is 10.5 Å². The molecular formula is C10H9F3N2O2S. The van der Waals surface area contributed by atoms with Gasteiger partial charge in [-0.3, -0.25) is 0 Å². The number of nitrogen functional groups attached to an aromatic ring is 1. The van der Waals surface area contributed by atoms with Crippen molar-refractivity contribution in [2.24, 2.45) is 0 Å². The molecule has 8 heteroatoms. The number of alkyl halides is 3. The number of methoxy groups -OCH3 is 1. The Morgan fingerprint density at radius 3 is 2.67 bits per heavy atom. The van der Waals surface area contributed by atoms with Crippen molar-refractivity contribution in [1.29, 1.82) is 0 Å². The average Bonchev–Trinajstić information content (AvgIpc) is 2.68. The molecule has 0 saturated carbocycles. The zero-order chi connectivity index (χ0) is 13.5. The molecule has 2 rings (SSSR count). The Morgan fingerprint density at radius 2 is 2.11 bits per heavy atom. The van der Waals surface area contributed by atoms with Gasteiger partial charge < -0.3 is 15.6 Å². The van der Waals surface area contributed by atoms with Crippen molar-refractivity contribution in [3.63, 3.8) is 0 Å². The smallest absolute Gasteiger partial charge is 0.418 e. The summed E-state index contributed by atoms with van der Waals surface area (Å²) in [6.07, 6.45) is -7.38. The van der Waals surface area contributed by atoms with Crippen LogP contribution >= 0.6 is 11.5 Å². The number of aliphatic hydroxyl groups excluding tert-OH is 1. The molecular weight excluding hydrogens is 269 g/mol. The van der Waals surface area contributed by atoms with E-state index in [1.165, 1.54) is 13.2 Å². The van der Waals surface area contributed by atoms with E-state index < -0.39 is 12.3 Å². The molecule has 18 heavy (non-hydrogen) atoms. The first kappa shape index (κ1) is 12.9. The van der Waals surface area contributed by atoms with Gasteiger partial charge in [-0.15, -0.1) is 0 Å². The topological polar surface area (TPSA) is 68.4 Å². The van der Waals surface area contributed by atoms with Crippen LogP contribution in [-0.4, -0.2) is 22.8 Å². The predicted octanol–water partition coefficient (Wildman–Crippen LogP) is 2.48. The van der Waals surface area contributed by atoms with Crippen molar-refractivity contribution in [1.82, 2.24) is 4.37 Å². The molecule has 3 N–H and O–H groups in total. The molecule has 0 amide bonds. The minimum absolute atomic E-state index is 0.0862. The van der Waals surface area contributed by atoms with Gasteiger partial charge in [-0.25, -0.2) is 0 Å². The number of hydrogen-bond donors (Lipinski definition) is 2. The number of halogens is 3. The number of nitrogens with zero attached hydrogens (tertiary/aromatic N) is 1. The molecule has 2 aromatic rings. The number of benzene rings is 1. The van der Waals surface area contributed by atoms with Crippen LogP contribution < -0.4 is 10.5 Å². The summed E-state index contributed by atoms with van der Waals surface area (Å²) < 4.78 is 47.0. The van der Waals surface area contributed by atoms with Crippen LogP contribution in [-0.2, 0) is 0 Å². The molecule has 4 nitrogen and oxygen atoms in total. The van der Waals surface area contributed by atoms with Gasteiger partial charge in [-0.05, 0) is 17.6 Å². The normalized spacial score (nSPS) is 13.8. The first-order valence-corrected chi connectivity index (χ1v) is 5.60. The molecule has 1 atom stereocenters. The van der Waals surface area contributed by atoms with Crippen molar-refractivity contribution < 1.29 is 23.0 Å². The van der Waals surface area contributed by atoms with Crippen LogP contribution in [0, 0.1) is 0 Å². The molecule has 0 bridgehead atoms. The molecule has 1 aromatic carbocycles. The number of hydrogen-bond acceptors (Lipinski definition) is 5. The third-order valence-electron chi connectivity index (χ3n) is 2.46. The predicted molar refractivity (Wildman–Crippen MR) is 61.6 cm³/mol. The summed E-state index contributed by atoms with van der Waals surface area (Å²) in [5, 5.41) is 9.59. The Morgan fingerprint density at radius 1 is 1.44 bits per heavy atom. The SMILES string of the molecule is COc1c(C(O)C(F)(F)F)ccc2snc(N)c12.